The van der Waals surface area contributed by atoms with E-state index in [0.29, 0.717) is 12.0 Å². The predicted molar refractivity (Wildman–Crippen MR) is 77.4 cm³/mol. The van der Waals surface area contributed by atoms with E-state index in [4.69, 9.17) is 5.73 Å². The first kappa shape index (κ1) is 13.6. The molecule has 1 saturated carbocycles. The zero-order valence-corrected chi connectivity index (χ0v) is 11.7. The van der Waals surface area contributed by atoms with E-state index < -0.39 is 0 Å². The monoisotopic (exact) mass is 246 g/mol. The molecule has 18 heavy (non-hydrogen) atoms. The lowest BCUT2D eigenvalue weighted by atomic mass is 9.85. The first-order chi connectivity index (χ1) is 8.65. The molecule has 2 atom stereocenters. The Balaban J connectivity index is 1.84. The molecule has 2 unspecified atom stereocenters. The van der Waals surface area contributed by atoms with E-state index in [9.17, 15) is 0 Å². The van der Waals surface area contributed by atoms with Crippen LogP contribution in [0, 0.1) is 12.8 Å². The van der Waals surface area contributed by atoms with Crippen molar-refractivity contribution in [3.63, 3.8) is 0 Å². The van der Waals surface area contributed by atoms with Crippen LogP contribution in [0.1, 0.15) is 36.8 Å². The van der Waals surface area contributed by atoms with Crippen molar-refractivity contribution in [1.29, 1.82) is 0 Å². The van der Waals surface area contributed by atoms with Crippen LogP contribution in [0.15, 0.2) is 24.3 Å². The van der Waals surface area contributed by atoms with E-state index in [1.807, 2.05) is 0 Å². The summed E-state index contributed by atoms with van der Waals surface area (Å²) in [6.07, 6.45) is 5.19. The minimum atomic E-state index is 0.416. The quantitative estimate of drug-likeness (QED) is 0.885. The molecule has 2 nitrogen and oxygen atoms in total. The normalized spacial score (nSPS) is 24.4. The molecule has 0 aromatic heterocycles. The molecule has 2 N–H and O–H groups in total. The molecule has 0 radical (unpaired) electrons. The van der Waals surface area contributed by atoms with Gasteiger partial charge in [-0.1, -0.05) is 42.7 Å². The highest BCUT2D eigenvalue weighted by molar-refractivity contribution is 5.21. The van der Waals surface area contributed by atoms with Gasteiger partial charge in [-0.15, -0.1) is 0 Å². The SMILES string of the molecule is Cc1ccc(CN(C)CC2CCCCC2N)cc1. The van der Waals surface area contributed by atoms with Crippen molar-refractivity contribution in [2.45, 2.75) is 45.2 Å². The van der Waals surface area contributed by atoms with Crippen LogP contribution in [0.4, 0.5) is 0 Å². The molecule has 0 heterocycles. The van der Waals surface area contributed by atoms with E-state index in [0.717, 1.165) is 13.1 Å². The third kappa shape index (κ3) is 3.82. The summed E-state index contributed by atoms with van der Waals surface area (Å²) in [7, 11) is 2.21. The van der Waals surface area contributed by atoms with Gasteiger partial charge in [0, 0.05) is 19.1 Å². The summed E-state index contributed by atoms with van der Waals surface area (Å²) >= 11 is 0. The Morgan fingerprint density at radius 1 is 1.17 bits per heavy atom. The van der Waals surface area contributed by atoms with Crippen LogP contribution in [-0.2, 0) is 6.54 Å². The molecular formula is C16H26N2. The lowest BCUT2D eigenvalue weighted by Gasteiger charge is -2.32. The van der Waals surface area contributed by atoms with Crippen LogP contribution in [0.3, 0.4) is 0 Å². The maximum Gasteiger partial charge on any atom is 0.0230 e. The van der Waals surface area contributed by atoms with E-state index >= 15 is 0 Å². The Labute approximate surface area is 111 Å². The summed E-state index contributed by atoms with van der Waals surface area (Å²) in [5.41, 5.74) is 8.94. The van der Waals surface area contributed by atoms with Crippen molar-refractivity contribution >= 4 is 0 Å². The fourth-order valence-corrected chi connectivity index (χ4v) is 2.93. The average Bonchev–Trinajstić information content (AvgIpc) is 2.35. The summed E-state index contributed by atoms with van der Waals surface area (Å²) in [4.78, 5) is 2.42. The van der Waals surface area contributed by atoms with E-state index in [1.165, 1.54) is 36.8 Å². The molecule has 100 valence electrons. The van der Waals surface area contributed by atoms with E-state index in [2.05, 4.69) is 43.1 Å². The van der Waals surface area contributed by atoms with Crippen LogP contribution in [-0.4, -0.2) is 24.5 Å². The maximum atomic E-state index is 6.21. The Kier molecular flexibility index (Phi) is 4.79. The third-order valence-electron chi connectivity index (χ3n) is 4.09. The third-order valence-corrected chi connectivity index (χ3v) is 4.09. The molecule has 1 aliphatic carbocycles. The summed E-state index contributed by atoms with van der Waals surface area (Å²) in [5, 5.41) is 0. The number of rotatable bonds is 4. The highest BCUT2D eigenvalue weighted by atomic mass is 15.1. The summed E-state index contributed by atoms with van der Waals surface area (Å²) in [5.74, 6) is 0.689. The van der Waals surface area contributed by atoms with Gasteiger partial charge in [0.1, 0.15) is 0 Å². The van der Waals surface area contributed by atoms with Crippen molar-refractivity contribution in [2.24, 2.45) is 11.7 Å². The second kappa shape index (κ2) is 6.35. The second-order valence-electron chi connectivity index (χ2n) is 5.89. The lowest BCUT2D eigenvalue weighted by Crippen LogP contribution is -2.39. The van der Waals surface area contributed by atoms with Gasteiger partial charge < -0.3 is 10.6 Å². The van der Waals surface area contributed by atoms with Gasteiger partial charge in [-0.25, -0.2) is 0 Å². The number of aryl methyl sites for hydroxylation is 1. The molecule has 2 rings (SSSR count). The largest absolute Gasteiger partial charge is 0.327 e. The molecular weight excluding hydrogens is 220 g/mol. The fraction of sp³-hybridized carbons (Fsp3) is 0.625. The second-order valence-corrected chi connectivity index (χ2v) is 5.89. The summed E-state index contributed by atoms with van der Waals surface area (Å²) < 4.78 is 0. The first-order valence-corrected chi connectivity index (χ1v) is 7.15. The maximum absolute atomic E-state index is 6.21. The van der Waals surface area contributed by atoms with Crippen molar-refractivity contribution < 1.29 is 0 Å². The molecule has 1 aliphatic rings. The number of nitrogens with two attached hydrogens (primary N) is 1. The van der Waals surface area contributed by atoms with Crippen LogP contribution in [0.2, 0.25) is 0 Å². The Morgan fingerprint density at radius 2 is 1.83 bits per heavy atom. The van der Waals surface area contributed by atoms with Gasteiger partial charge in [0.2, 0.25) is 0 Å². The lowest BCUT2D eigenvalue weighted by molar-refractivity contribution is 0.206. The van der Waals surface area contributed by atoms with Gasteiger partial charge >= 0.3 is 0 Å². The van der Waals surface area contributed by atoms with Gasteiger partial charge in [-0.05, 0) is 38.3 Å². The molecule has 1 aromatic rings. The standard InChI is InChI=1S/C16H26N2/c1-13-7-9-14(10-8-13)11-18(2)12-15-5-3-4-6-16(15)17/h7-10,15-16H,3-6,11-12,17H2,1-2H3. The molecule has 0 amide bonds. The van der Waals surface area contributed by atoms with Crippen molar-refractivity contribution in [1.82, 2.24) is 4.90 Å². The van der Waals surface area contributed by atoms with Crippen LogP contribution in [0.5, 0.6) is 0 Å². The number of nitrogens with zero attached hydrogens (tertiary/aromatic N) is 1. The van der Waals surface area contributed by atoms with E-state index in [-0.39, 0.29) is 0 Å². The molecule has 0 aliphatic heterocycles. The van der Waals surface area contributed by atoms with Crippen molar-refractivity contribution in [2.75, 3.05) is 13.6 Å². The highest BCUT2D eigenvalue weighted by Gasteiger charge is 2.22. The topological polar surface area (TPSA) is 29.3 Å². The minimum absolute atomic E-state index is 0.416. The number of hydrogen-bond donors (Lipinski definition) is 1. The molecule has 1 aromatic carbocycles. The minimum Gasteiger partial charge on any atom is -0.327 e. The Hall–Kier alpha value is -0.860. The summed E-state index contributed by atoms with van der Waals surface area (Å²) in [6, 6.07) is 9.25. The number of benzene rings is 1. The highest BCUT2D eigenvalue weighted by Crippen LogP contribution is 2.23. The van der Waals surface area contributed by atoms with Crippen LogP contribution >= 0.6 is 0 Å². The molecule has 0 spiro atoms. The van der Waals surface area contributed by atoms with Crippen molar-refractivity contribution in [3.05, 3.63) is 35.4 Å². The zero-order chi connectivity index (χ0) is 13.0. The van der Waals surface area contributed by atoms with Gasteiger partial charge in [0.25, 0.3) is 0 Å². The molecule has 0 bridgehead atoms. The van der Waals surface area contributed by atoms with Gasteiger partial charge in [-0.2, -0.15) is 0 Å². The van der Waals surface area contributed by atoms with Gasteiger partial charge in [0.05, 0.1) is 0 Å². The Morgan fingerprint density at radius 3 is 2.50 bits per heavy atom. The fourth-order valence-electron chi connectivity index (χ4n) is 2.93. The average molecular weight is 246 g/mol. The first-order valence-electron chi connectivity index (χ1n) is 7.15. The number of hydrogen-bond acceptors (Lipinski definition) is 2. The summed E-state index contributed by atoms with van der Waals surface area (Å²) in [6.45, 7) is 4.30. The molecule has 2 heteroatoms. The van der Waals surface area contributed by atoms with Crippen LogP contribution in [0.25, 0.3) is 0 Å². The smallest absolute Gasteiger partial charge is 0.0230 e. The predicted octanol–water partition coefficient (Wildman–Crippen LogP) is 2.94. The Bertz CT molecular complexity index is 358. The molecule has 0 saturated heterocycles. The van der Waals surface area contributed by atoms with Crippen molar-refractivity contribution in [3.8, 4) is 0 Å². The van der Waals surface area contributed by atoms with Gasteiger partial charge in [-0.3, -0.25) is 0 Å². The molecule has 1 fully saturated rings. The zero-order valence-electron chi connectivity index (χ0n) is 11.7. The van der Waals surface area contributed by atoms with E-state index in [1.54, 1.807) is 0 Å². The van der Waals surface area contributed by atoms with Gasteiger partial charge in [0.15, 0.2) is 0 Å². The van der Waals surface area contributed by atoms with Crippen LogP contribution < -0.4 is 5.73 Å².